The number of ether oxygens (including phenoxy) is 5. The number of carbonyl (C=O) groups is 1. The summed E-state index contributed by atoms with van der Waals surface area (Å²) in [4.78, 5) is 38.4. The number of nitrogens with zero attached hydrogens (tertiary/aromatic N) is 15. The van der Waals surface area contributed by atoms with Gasteiger partial charge in [-0.25, -0.2) is 4.79 Å². The maximum absolute atomic E-state index is 12.9. The molecule has 0 spiro atoms. The summed E-state index contributed by atoms with van der Waals surface area (Å²) in [5.74, 6) is 8.23. The van der Waals surface area contributed by atoms with E-state index in [1.807, 2.05) is 130 Å². The number of amides is 1. The Balaban J connectivity index is 0.000000128. The van der Waals surface area contributed by atoms with Crippen molar-refractivity contribution in [2.24, 2.45) is 23.7 Å². The number of likely N-dealkylation sites (tertiary alicyclic amines) is 3. The summed E-state index contributed by atoms with van der Waals surface area (Å²) in [6.45, 7) is 31.5. The Hall–Kier alpha value is -12.9. The van der Waals surface area contributed by atoms with E-state index in [0.29, 0.717) is 164 Å². The number of aliphatic hydroxyl groups is 1. The molecule has 4 fully saturated rings. The molecule has 4 aliphatic heterocycles. The zero-order valence-corrected chi connectivity index (χ0v) is 79.2. The quantitative estimate of drug-likeness (QED) is 0.0631. The van der Waals surface area contributed by atoms with Crippen LogP contribution < -0.4 is 24.3 Å². The summed E-state index contributed by atoms with van der Waals surface area (Å²) in [7, 11) is 0. The van der Waals surface area contributed by atoms with Crippen LogP contribution in [0.15, 0.2) is 164 Å². The number of aromatic nitrogens is 8. The van der Waals surface area contributed by atoms with E-state index >= 15 is 0 Å². The van der Waals surface area contributed by atoms with Crippen LogP contribution in [0.25, 0.3) is 91.4 Å². The lowest BCUT2D eigenvalue weighted by Crippen LogP contribution is -2.36. The second kappa shape index (κ2) is 41.1. The van der Waals surface area contributed by atoms with Crippen LogP contribution in [0.2, 0.25) is 0 Å². The largest absolute Gasteiger partial charge is 0.490 e. The Labute approximate surface area is 784 Å². The number of hydrogen-bond donors (Lipinski definition) is 2. The minimum atomic E-state index is -0.538. The van der Waals surface area contributed by atoms with Gasteiger partial charge in [-0.3, -0.25) is 9.80 Å². The fourth-order valence-corrected chi connectivity index (χ4v) is 20.0. The molecule has 8 aromatic carbocycles. The topological polar surface area (TPSA) is 356 Å². The molecule has 0 saturated carbocycles. The van der Waals surface area contributed by atoms with Crippen molar-refractivity contribution in [3.63, 3.8) is 0 Å². The number of halogens is 1. The molecule has 686 valence electrons. The van der Waals surface area contributed by atoms with Crippen molar-refractivity contribution >= 4 is 22.0 Å². The molecule has 4 aliphatic carbocycles. The Morgan fingerprint density at radius 3 is 1.11 bits per heavy atom. The summed E-state index contributed by atoms with van der Waals surface area (Å²) in [5, 5.41) is 69.3. The number of fused-ring (bicyclic) bond motifs is 12. The molecule has 12 aromatic rings. The molecule has 0 radical (unpaired) electrons. The lowest BCUT2D eigenvalue weighted by Gasteiger charge is -2.29. The van der Waals surface area contributed by atoms with E-state index in [0.717, 1.165) is 102 Å². The van der Waals surface area contributed by atoms with Gasteiger partial charge in [0.1, 0.15) is 52.9 Å². The van der Waals surface area contributed by atoms with Crippen molar-refractivity contribution in [3.05, 3.63) is 212 Å². The van der Waals surface area contributed by atoms with Gasteiger partial charge in [-0.15, -0.1) is 0 Å². The Morgan fingerprint density at radius 2 is 0.774 bits per heavy atom. The molecule has 8 unspecified atom stereocenters. The van der Waals surface area contributed by atoms with Crippen LogP contribution >= 0.6 is 15.9 Å². The average molecular weight is 1860 g/mol. The molecule has 2 N–H and O–H groups in total. The van der Waals surface area contributed by atoms with Crippen molar-refractivity contribution < 1.29 is 51.7 Å². The van der Waals surface area contributed by atoms with Gasteiger partial charge >= 0.3 is 6.09 Å². The van der Waals surface area contributed by atoms with Crippen LogP contribution in [0.1, 0.15) is 219 Å². The number of carbonyl (C=O) groups excluding carboxylic acids is 1. The molecule has 8 heterocycles. The minimum absolute atomic E-state index is 0.00267. The monoisotopic (exact) mass is 1850 g/mol. The molecule has 1 amide bonds. The van der Waals surface area contributed by atoms with Gasteiger partial charge in [-0.1, -0.05) is 123 Å². The van der Waals surface area contributed by atoms with Crippen molar-refractivity contribution in [3.8, 4) is 139 Å². The number of nitrogens with one attached hydrogen (secondary N) is 1. The summed E-state index contributed by atoms with van der Waals surface area (Å²) < 4.78 is 50.9. The van der Waals surface area contributed by atoms with Gasteiger partial charge in [-0.2, -0.15) is 41.0 Å². The fourth-order valence-electron chi connectivity index (χ4n) is 20.0. The number of β-amino-alcohol motifs (C(OH)–C–C–N with tert-alkyl or cyclic N) is 1. The van der Waals surface area contributed by atoms with E-state index in [4.69, 9.17) is 46.8 Å². The molecule has 8 atom stereocenters. The molecule has 4 saturated heterocycles. The summed E-state index contributed by atoms with van der Waals surface area (Å²) in [5.41, 5.74) is 18.3. The maximum Gasteiger partial charge on any atom is 0.410 e. The molecule has 28 heteroatoms. The molecule has 27 nitrogen and oxygen atoms in total. The van der Waals surface area contributed by atoms with E-state index in [-0.39, 0.29) is 43.2 Å². The highest BCUT2D eigenvalue weighted by atomic mass is 79.9. The first-order chi connectivity index (χ1) is 64.4. The second-order valence-corrected chi connectivity index (χ2v) is 37.9. The summed E-state index contributed by atoms with van der Waals surface area (Å²) in [6, 6.07) is 56.6. The molecule has 4 aromatic heterocycles. The number of aliphatic hydroxyl groups excluding tert-OH is 1. The highest BCUT2D eigenvalue weighted by Crippen LogP contribution is 2.53. The lowest BCUT2D eigenvalue weighted by molar-refractivity contribution is 0.0212. The zero-order chi connectivity index (χ0) is 93.5. The summed E-state index contributed by atoms with van der Waals surface area (Å²) in [6.07, 6.45) is 10.6. The van der Waals surface area contributed by atoms with Crippen LogP contribution in [0.3, 0.4) is 0 Å². The molecule has 20 rings (SSSR count). The first-order valence-corrected chi connectivity index (χ1v) is 47.6. The van der Waals surface area contributed by atoms with E-state index in [2.05, 4.69) is 153 Å². The predicted molar refractivity (Wildman–Crippen MR) is 506 cm³/mol. The minimum Gasteiger partial charge on any atom is -0.490 e. The third-order valence-corrected chi connectivity index (χ3v) is 26.1. The number of hydrogen-bond acceptors (Lipinski definition) is 26. The number of nitriles is 4. The SMILES string of the molecule is CC(C)Oc1ccc(-c2nc(-c3cccc4c3CC3CCN(C(=O)OC(C)(C)C)C43)no2)cc1C#N.CC(C)Oc1ccc(-c2nc(-c3cccc4c3CC3CCN(CCO)C43)no2)cc1C#N.CC(C)Oc1ccc(-c2nc(-c3cccc4c3CC3CCNC43)no2)cc1C#N.CCCBr.CCCN1CCC2Cc3c(-c4noc(-c5ccc(OC(C)C)c(C#N)c5)n4)cccc3C21. The van der Waals surface area contributed by atoms with E-state index < -0.39 is 5.60 Å². The van der Waals surface area contributed by atoms with Crippen molar-refractivity contribution in [2.45, 2.75) is 208 Å². The predicted octanol–water partition coefficient (Wildman–Crippen LogP) is 21.3. The Kier molecular flexibility index (Phi) is 28.8. The Morgan fingerprint density at radius 1 is 0.451 bits per heavy atom. The second-order valence-electron chi connectivity index (χ2n) is 37.1. The molecule has 8 aliphatic rings. The molecular formula is C105H113BrN16O11. The van der Waals surface area contributed by atoms with Crippen LogP contribution in [0.4, 0.5) is 4.79 Å². The van der Waals surface area contributed by atoms with Crippen molar-refractivity contribution in [2.75, 3.05) is 51.2 Å². The van der Waals surface area contributed by atoms with Crippen molar-refractivity contribution in [1.82, 2.24) is 60.6 Å². The molecule has 0 bridgehead atoms. The van der Waals surface area contributed by atoms with Gasteiger partial charge in [0.05, 0.1) is 59.3 Å². The van der Waals surface area contributed by atoms with Crippen LogP contribution in [-0.2, 0) is 30.4 Å². The standard InChI is InChI=1S/C28H30N4O4.C26H28N4O2.C25H26N4O3.C23H22N4O2.C3H7Br/c1-16(2)34-23-10-9-18(13-19(23)15-29)26-30-25(31-36-26)21-8-6-7-20-22(21)14-17-11-12-32(24(17)20)27(33)35-28(3,4)5;1-4-11-30-12-10-17-14-22-20(24(17)30)6-5-7-21(22)25-28-26(32-29-25)18-8-9-23(31-16(2)3)19(13-18)15-27;1-15(2)31-22-7-6-17(12-18(22)14-26)25-27-24(28-32-25)20-5-3-4-19-21(20)13-16-8-9-29(10-11-30)23(16)19;1-13(2)28-20-7-6-15(10-16(20)12-24)23-26-22(27-29-23)18-5-3-4-17-19(18)11-14-8-9-25-21(14)17;1-2-3-4/h6-10,13,16-17,24H,11-12,14H2,1-5H3;5-9,13,16-17,24H,4,10-12,14H2,1-3H3;3-7,12,15-16,23,30H,8-11,13H2,1-2H3;3-7,10,13-14,21,25H,8-9,11H2,1-2H3;2-3H2,1H3. The number of rotatable bonds is 21. The van der Waals surface area contributed by atoms with Gasteiger partial charge < -0.3 is 57.1 Å². The summed E-state index contributed by atoms with van der Waals surface area (Å²) >= 11 is 3.25. The third-order valence-electron chi connectivity index (χ3n) is 25.4. The van der Waals surface area contributed by atoms with E-state index in [1.165, 1.54) is 65.6 Å². The maximum atomic E-state index is 12.9. The van der Waals surface area contributed by atoms with Gasteiger partial charge in [0.25, 0.3) is 23.6 Å². The zero-order valence-electron chi connectivity index (χ0n) is 77.6. The highest BCUT2D eigenvalue weighted by Gasteiger charge is 2.48. The third kappa shape index (κ3) is 20.2. The molecular weight excluding hydrogens is 1740 g/mol. The first-order valence-electron chi connectivity index (χ1n) is 46.4. The molecule has 133 heavy (non-hydrogen) atoms. The van der Waals surface area contributed by atoms with Crippen molar-refractivity contribution in [1.29, 1.82) is 21.0 Å². The normalized spacial score (nSPS) is 19.1. The average Bonchev–Trinajstić information content (AvgIpc) is 1.71. The van der Waals surface area contributed by atoms with Gasteiger partial charge in [0, 0.05) is 81.1 Å². The van der Waals surface area contributed by atoms with Crippen LogP contribution in [-0.4, -0.2) is 148 Å². The van der Waals surface area contributed by atoms with E-state index in [9.17, 15) is 30.9 Å². The van der Waals surface area contributed by atoms with Gasteiger partial charge in [0.2, 0.25) is 23.3 Å². The van der Waals surface area contributed by atoms with Crippen LogP contribution in [0, 0.1) is 69.0 Å². The van der Waals surface area contributed by atoms with Gasteiger partial charge in [0.15, 0.2) is 0 Å². The van der Waals surface area contributed by atoms with Gasteiger partial charge in [-0.05, 0) is 308 Å². The first kappa shape index (κ1) is 93.3. The number of alkyl halides is 1. The number of benzene rings is 8. The Bertz CT molecular complexity index is 6180. The lowest BCUT2D eigenvalue weighted by atomic mass is 10.0. The highest BCUT2D eigenvalue weighted by molar-refractivity contribution is 9.09. The smallest absolute Gasteiger partial charge is 0.410 e. The van der Waals surface area contributed by atoms with Crippen LogP contribution in [0.5, 0.6) is 23.0 Å². The van der Waals surface area contributed by atoms with E-state index in [1.54, 1.807) is 48.5 Å². The fraction of sp³-hybridized carbons (Fsp3) is 0.419.